The zero-order valence-corrected chi connectivity index (χ0v) is 19.8. The number of fused-ring (bicyclic) bond motifs is 3. The van der Waals surface area contributed by atoms with E-state index in [1.165, 1.54) is 6.42 Å². The largest absolute Gasteiger partial charge is 0.497 e. The van der Waals surface area contributed by atoms with Crippen LogP contribution < -0.4 is 9.46 Å². The van der Waals surface area contributed by atoms with Gasteiger partial charge < -0.3 is 9.64 Å². The van der Waals surface area contributed by atoms with Crippen molar-refractivity contribution in [1.29, 1.82) is 0 Å². The second-order valence-corrected chi connectivity index (χ2v) is 10.8. The Morgan fingerprint density at radius 1 is 1.22 bits per heavy atom. The Kier molecular flexibility index (Phi) is 7.45. The molecule has 3 fully saturated rings. The van der Waals surface area contributed by atoms with E-state index < -0.39 is 10.0 Å². The predicted octanol–water partition coefficient (Wildman–Crippen LogP) is 2.25. The third-order valence-electron chi connectivity index (χ3n) is 6.91. The first kappa shape index (κ1) is 23.2. The molecule has 3 aliphatic rings. The quantitative estimate of drug-likeness (QED) is 0.589. The zero-order chi connectivity index (χ0) is 22.6. The van der Waals surface area contributed by atoms with Crippen LogP contribution in [0.15, 0.2) is 53.6 Å². The van der Waals surface area contributed by atoms with Crippen LogP contribution in [-0.2, 0) is 16.4 Å². The predicted molar refractivity (Wildman–Crippen MR) is 125 cm³/mol. The zero-order valence-electron chi connectivity index (χ0n) is 19.0. The Balaban J connectivity index is 1.26. The summed E-state index contributed by atoms with van der Waals surface area (Å²) in [5.74, 6) is 1.95. The minimum absolute atomic E-state index is 0.275. The molecule has 3 saturated heterocycles. The number of benzene rings is 1. The van der Waals surface area contributed by atoms with Gasteiger partial charge in [-0.05, 0) is 74.7 Å². The van der Waals surface area contributed by atoms with Gasteiger partial charge in [-0.25, -0.2) is 13.1 Å². The average Bonchev–Trinajstić information content (AvgIpc) is 2.83. The van der Waals surface area contributed by atoms with Crippen molar-refractivity contribution in [2.75, 3.05) is 46.9 Å². The van der Waals surface area contributed by atoms with Crippen LogP contribution in [0, 0.1) is 11.8 Å². The maximum Gasteiger partial charge on any atom is 0.240 e. The van der Waals surface area contributed by atoms with Crippen LogP contribution in [0.2, 0.25) is 0 Å². The molecule has 4 atom stereocenters. The van der Waals surface area contributed by atoms with Gasteiger partial charge >= 0.3 is 0 Å². The third-order valence-corrected chi connectivity index (χ3v) is 8.35. The Morgan fingerprint density at radius 2 is 2.03 bits per heavy atom. The second-order valence-electron chi connectivity index (χ2n) is 9.05. The topological polar surface area (TPSA) is 74.8 Å². The maximum absolute atomic E-state index is 12.7. The number of rotatable bonds is 10. The van der Waals surface area contributed by atoms with E-state index in [-0.39, 0.29) is 10.9 Å². The molecule has 2 aromatic rings. The fraction of sp³-hybridized carbons (Fsp3) is 0.542. The number of likely N-dealkylation sites (N-methyl/N-ethyl adjacent to an activating group) is 1. The van der Waals surface area contributed by atoms with E-state index in [0.717, 1.165) is 44.7 Å². The van der Waals surface area contributed by atoms with Gasteiger partial charge in [0.2, 0.25) is 10.0 Å². The van der Waals surface area contributed by atoms with Crippen molar-refractivity contribution < 1.29 is 13.2 Å². The number of methoxy groups -OCH3 is 1. The van der Waals surface area contributed by atoms with Crippen molar-refractivity contribution in [2.24, 2.45) is 11.8 Å². The van der Waals surface area contributed by atoms with Crippen molar-refractivity contribution in [3.05, 3.63) is 54.4 Å². The number of hydrogen-bond donors (Lipinski definition) is 1. The van der Waals surface area contributed by atoms with Crippen molar-refractivity contribution >= 4 is 10.0 Å². The molecule has 1 aromatic heterocycles. The van der Waals surface area contributed by atoms with Gasteiger partial charge in [-0.3, -0.25) is 9.88 Å². The lowest BCUT2D eigenvalue weighted by Gasteiger charge is -2.50. The van der Waals surface area contributed by atoms with Crippen LogP contribution in [0.25, 0.3) is 0 Å². The molecule has 0 saturated carbocycles. The first-order valence-electron chi connectivity index (χ1n) is 11.4. The second kappa shape index (κ2) is 10.3. The summed E-state index contributed by atoms with van der Waals surface area (Å²) < 4.78 is 33.3. The molecule has 1 N–H and O–H groups in total. The third kappa shape index (κ3) is 5.67. The molecule has 8 heteroatoms. The summed E-state index contributed by atoms with van der Waals surface area (Å²) in [6, 6.07) is 12.9. The highest BCUT2D eigenvalue weighted by Gasteiger charge is 2.40. The number of piperidine rings is 3. The lowest BCUT2D eigenvalue weighted by atomic mass is 9.75. The molecule has 0 spiro atoms. The number of hydrogen-bond acceptors (Lipinski definition) is 6. The summed E-state index contributed by atoms with van der Waals surface area (Å²) in [6.45, 7) is 4.66. The van der Waals surface area contributed by atoms with Crippen LogP contribution in [0.4, 0.5) is 0 Å². The smallest absolute Gasteiger partial charge is 0.240 e. The van der Waals surface area contributed by atoms with Crippen molar-refractivity contribution in [3.8, 4) is 5.75 Å². The average molecular weight is 459 g/mol. The molecule has 3 aliphatic heterocycles. The SMILES string of the molecule is COc1ccc(S(=O)(=O)NCC2CC3CCN2CC3CN(C)CCc2ccccn2)cc1. The molecule has 4 unspecified atom stereocenters. The van der Waals surface area contributed by atoms with Gasteiger partial charge in [0.15, 0.2) is 0 Å². The van der Waals surface area contributed by atoms with E-state index in [4.69, 9.17) is 4.74 Å². The molecule has 4 heterocycles. The van der Waals surface area contributed by atoms with Gasteiger partial charge in [-0.15, -0.1) is 0 Å². The van der Waals surface area contributed by atoms with E-state index in [9.17, 15) is 8.42 Å². The number of nitrogens with zero attached hydrogens (tertiary/aromatic N) is 3. The van der Waals surface area contributed by atoms with E-state index in [1.807, 2.05) is 18.3 Å². The van der Waals surface area contributed by atoms with Gasteiger partial charge in [-0.2, -0.15) is 0 Å². The van der Waals surface area contributed by atoms with E-state index in [1.54, 1.807) is 31.4 Å². The molecular formula is C24H34N4O3S. The molecule has 0 aliphatic carbocycles. The van der Waals surface area contributed by atoms with Crippen LogP contribution in [0.5, 0.6) is 5.75 Å². The molecule has 2 bridgehead atoms. The molecule has 1 aromatic carbocycles. The minimum Gasteiger partial charge on any atom is -0.497 e. The number of sulfonamides is 1. The molecule has 32 heavy (non-hydrogen) atoms. The Morgan fingerprint density at radius 3 is 2.69 bits per heavy atom. The van der Waals surface area contributed by atoms with E-state index in [0.29, 0.717) is 24.1 Å². The Bertz CT molecular complexity index is 968. The van der Waals surface area contributed by atoms with Crippen molar-refractivity contribution in [2.45, 2.75) is 30.2 Å². The van der Waals surface area contributed by atoms with Crippen molar-refractivity contribution in [1.82, 2.24) is 19.5 Å². The number of pyridine rings is 1. The summed E-state index contributed by atoms with van der Waals surface area (Å²) in [6.07, 6.45) is 5.09. The van der Waals surface area contributed by atoms with E-state index in [2.05, 4.69) is 32.6 Å². The highest BCUT2D eigenvalue weighted by Crippen LogP contribution is 2.36. The Labute approximate surface area is 191 Å². The van der Waals surface area contributed by atoms with Gasteiger partial charge in [0.05, 0.1) is 12.0 Å². The van der Waals surface area contributed by atoms with Crippen LogP contribution in [0.3, 0.4) is 0 Å². The number of aromatic nitrogens is 1. The molecule has 0 radical (unpaired) electrons. The first-order chi connectivity index (χ1) is 15.4. The van der Waals surface area contributed by atoms with Gasteiger partial charge in [0.1, 0.15) is 5.75 Å². The molecular weight excluding hydrogens is 424 g/mol. The first-order valence-corrected chi connectivity index (χ1v) is 12.9. The Hall–Kier alpha value is -2.00. The maximum atomic E-state index is 12.7. The standard InChI is InChI=1S/C24H34N4O3S/c1-27(13-11-21-5-3-4-12-25-21)17-20-18-28-14-10-19(20)15-22(28)16-26-32(29,30)24-8-6-23(31-2)7-9-24/h3-9,12,19-20,22,26H,10-11,13-18H2,1-2H3. The fourth-order valence-electron chi connectivity index (χ4n) is 5.06. The highest BCUT2D eigenvalue weighted by molar-refractivity contribution is 7.89. The molecule has 174 valence electrons. The summed E-state index contributed by atoms with van der Waals surface area (Å²) in [7, 11) is 0.251. The van der Waals surface area contributed by atoms with Crippen molar-refractivity contribution in [3.63, 3.8) is 0 Å². The van der Waals surface area contributed by atoms with Gasteiger partial charge in [-0.1, -0.05) is 6.07 Å². The van der Waals surface area contributed by atoms with Gasteiger partial charge in [0.25, 0.3) is 0 Å². The number of ether oxygens (including phenoxy) is 1. The van der Waals surface area contributed by atoms with Gasteiger partial charge in [0, 0.05) is 50.5 Å². The summed E-state index contributed by atoms with van der Waals surface area (Å²) >= 11 is 0. The monoisotopic (exact) mass is 458 g/mol. The molecule has 7 nitrogen and oxygen atoms in total. The summed E-state index contributed by atoms with van der Waals surface area (Å²) in [5.41, 5.74) is 1.14. The van der Waals surface area contributed by atoms with E-state index >= 15 is 0 Å². The van der Waals surface area contributed by atoms with Crippen LogP contribution in [0.1, 0.15) is 18.5 Å². The van der Waals surface area contributed by atoms with Crippen LogP contribution in [-0.4, -0.2) is 76.1 Å². The normalized spacial score (nSPS) is 25.2. The highest BCUT2D eigenvalue weighted by atomic mass is 32.2. The number of nitrogens with one attached hydrogen (secondary N) is 1. The van der Waals surface area contributed by atoms with Crippen LogP contribution >= 0.6 is 0 Å². The fourth-order valence-corrected chi connectivity index (χ4v) is 6.13. The summed E-state index contributed by atoms with van der Waals surface area (Å²) in [5, 5.41) is 0. The minimum atomic E-state index is -3.51. The lowest BCUT2D eigenvalue weighted by molar-refractivity contribution is -0.00735. The lowest BCUT2D eigenvalue weighted by Crippen LogP contribution is -2.58. The molecule has 0 amide bonds. The summed E-state index contributed by atoms with van der Waals surface area (Å²) in [4.78, 5) is 9.60. The molecule has 5 rings (SSSR count).